The summed E-state index contributed by atoms with van der Waals surface area (Å²) in [6, 6.07) is 35.8. The number of hydrogen-bond acceptors (Lipinski definition) is 7. The molecule has 0 fully saturated rings. The van der Waals surface area contributed by atoms with Crippen molar-refractivity contribution < 1.29 is 0 Å². The Hall–Kier alpha value is -5.17. The van der Waals surface area contributed by atoms with Crippen molar-refractivity contribution in [1.29, 1.82) is 0 Å². The van der Waals surface area contributed by atoms with E-state index in [9.17, 15) is 0 Å². The van der Waals surface area contributed by atoms with Gasteiger partial charge >= 0.3 is 0 Å². The summed E-state index contributed by atoms with van der Waals surface area (Å²) in [5.74, 6) is 3.86. The zero-order valence-electron chi connectivity index (χ0n) is 30.9. The summed E-state index contributed by atoms with van der Waals surface area (Å²) in [7, 11) is 0. The first-order valence-corrected chi connectivity index (χ1v) is 17.5. The molecule has 0 radical (unpaired) electrons. The molecule has 3 heterocycles. The van der Waals surface area contributed by atoms with Gasteiger partial charge in [0.25, 0.3) is 0 Å². The van der Waals surface area contributed by atoms with E-state index in [1.54, 1.807) is 0 Å². The molecule has 0 N–H and O–H groups in total. The van der Waals surface area contributed by atoms with Gasteiger partial charge in [-0.25, -0.2) is 15.0 Å². The summed E-state index contributed by atoms with van der Waals surface area (Å²) < 4.78 is 0. The molecule has 7 nitrogen and oxygen atoms in total. The predicted octanol–water partition coefficient (Wildman–Crippen LogP) is 10.1. The molecule has 5 aromatic rings. The molecular weight excluding hydrogens is 615 g/mol. The third-order valence-corrected chi connectivity index (χ3v) is 11.3. The zero-order valence-corrected chi connectivity index (χ0v) is 30.9. The van der Waals surface area contributed by atoms with Crippen molar-refractivity contribution in [3.63, 3.8) is 0 Å². The van der Waals surface area contributed by atoms with Crippen molar-refractivity contribution in [3.05, 3.63) is 103 Å². The Labute approximate surface area is 296 Å². The van der Waals surface area contributed by atoms with E-state index < -0.39 is 0 Å². The minimum atomic E-state index is -0.236. The number of benzene rings is 4. The van der Waals surface area contributed by atoms with E-state index in [0.29, 0.717) is 17.5 Å². The maximum atomic E-state index is 5.15. The van der Waals surface area contributed by atoms with Crippen LogP contribution in [0.4, 0.5) is 11.4 Å². The van der Waals surface area contributed by atoms with Gasteiger partial charge in [0.05, 0.1) is 22.2 Å². The van der Waals surface area contributed by atoms with E-state index >= 15 is 0 Å². The minimum Gasteiger partial charge on any atom is -0.322 e. The van der Waals surface area contributed by atoms with E-state index in [1.165, 1.54) is 5.56 Å². The summed E-state index contributed by atoms with van der Waals surface area (Å²) in [5, 5.41) is 0. The highest BCUT2D eigenvalue weighted by Gasteiger charge is 2.49. The number of rotatable bonds is 6. The van der Waals surface area contributed by atoms with Gasteiger partial charge in [-0.15, -0.1) is 0 Å². The molecule has 0 bridgehead atoms. The monoisotopic (exact) mass is 661 g/mol. The average Bonchev–Trinajstić information content (AvgIpc) is 3.36. The van der Waals surface area contributed by atoms with Crippen LogP contribution >= 0.6 is 0 Å². The molecule has 2 aliphatic rings. The fourth-order valence-electron chi connectivity index (χ4n) is 7.33. The first-order valence-electron chi connectivity index (χ1n) is 17.5. The maximum absolute atomic E-state index is 5.15. The number of aliphatic imine (C=N–C) groups is 2. The zero-order chi connectivity index (χ0) is 35.6. The van der Waals surface area contributed by atoms with Gasteiger partial charge in [-0.2, -0.15) is 0 Å². The van der Waals surface area contributed by atoms with Crippen molar-refractivity contribution in [2.75, 3.05) is 9.80 Å². The van der Waals surface area contributed by atoms with Crippen molar-refractivity contribution in [1.82, 2.24) is 15.0 Å². The van der Waals surface area contributed by atoms with Crippen LogP contribution in [0.2, 0.25) is 0 Å². The van der Waals surface area contributed by atoms with E-state index in [2.05, 4.69) is 176 Å². The Balaban J connectivity index is 1.35. The van der Waals surface area contributed by atoms with Crippen LogP contribution in [-0.4, -0.2) is 48.8 Å². The third kappa shape index (κ3) is 5.49. The second-order valence-corrected chi connectivity index (χ2v) is 15.6. The van der Waals surface area contributed by atoms with Gasteiger partial charge in [0.1, 0.15) is 11.7 Å². The van der Waals surface area contributed by atoms with E-state index in [-0.39, 0.29) is 22.2 Å². The van der Waals surface area contributed by atoms with Crippen LogP contribution in [0.1, 0.15) is 69.2 Å². The molecule has 1 aromatic heterocycles. The number of nitrogens with zero attached hydrogens (tertiary/aromatic N) is 7. The number of aromatic nitrogens is 3. The molecule has 0 amide bonds. The van der Waals surface area contributed by atoms with Gasteiger partial charge in [0.15, 0.2) is 17.5 Å². The highest BCUT2D eigenvalue weighted by atomic mass is 15.3. The highest BCUT2D eigenvalue weighted by Crippen LogP contribution is 2.43. The van der Waals surface area contributed by atoms with Gasteiger partial charge in [-0.3, -0.25) is 9.98 Å². The first-order chi connectivity index (χ1) is 23.6. The number of anilines is 2. The second-order valence-electron chi connectivity index (χ2n) is 15.6. The molecule has 7 heteroatoms. The van der Waals surface area contributed by atoms with Crippen molar-refractivity contribution in [3.8, 4) is 45.3 Å². The lowest BCUT2D eigenvalue weighted by molar-refractivity contribution is 0.338. The Morgan fingerprint density at radius 2 is 0.760 bits per heavy atom. The minimum absolute atomic E-state index is 0.217. The summed E-state index contributed by atoms with van der Waals surface area (Å²) in [6.07, 6.45) is 0. The van der Waals surface area contributed by atoms with Crippen molar-refractivity contribution in [2.24, 2.45) is 9.98 Å². The molecule has 50 heavy (non-hydrogen) atoms. The third-order valence-electron chi connectivity index (χ3n) is 11.3. The Bertz CT molecular complexity index is 2030. The van der Waals surface area contributed by atoms with E-state index in [1.807, 2.05) is 6.07 Å². The molecular formula is C43H47N7. The molecule has 0 saturated carbocycles. The Morgan fingerprint density at radius 3 is 1.16 bits per heavy atom. The quantitative estimate of drug-likeness (QED) is 0.181. The number of amidine groups is 2. The number of hydrogen-bond donors (Lipinski definition) is 0. The van der Waals surface area contributed by atoms with Crippen LogP contribution in [0.3, 0.4) is 0 Å². The van der Waals surface area contributed by atoms with Gasteiger partial charge in [0.2, 0.25) is 0 Å². The molecule has 7 rings (SSSR count). The van der Waals surface area contributed by atoms with Gasteiger partial charge in [-0.1, -0.05) is 78.9 Å². The van der Waals surface area contributed by atoms with Crippen LogP contribution in [0.25, 0.3) is 45.3 Å². The van der Waals surface area contributed by atoms with Gasteiger partial charge in [-0.05, 0) is 105 Å². The highest BCUT2D eigenvalue weighted by molar-refractivity contribution is 6.01. The van der Waals surface area contributed by atoms with Gasteiger partial charge < -0.3 is 9.80 Å². The van der Waals surface area contributed by atoms with Crippen molar-refractivity contribution in [2.45, 2.75) is 91.4 Å². The summed E-state index contributed by atoms with van der Waals surface area (Å²) in [4.78, 5) is 30.1. The molecule has 2 aliphatic heterocycles. The first kappa shape index (κ1) is 33.3. The smallest absolute Gasteiger partial charge is 0.164 e. The molecule has 4 aromatic carbocycles. The maximum Gasteiger partial charge on any atom is 0.164 e. The second kappa shape index (κ2) is 11.7. The SMILES string of the molecule is CC1=NC(C)(C)C(C)(C)N1c1cccc(-c2nc(-c3ccc(-c4ccccc4)cc3)nc(-c3cccc(N4C(C)=NC(C)(C)C4(C)C)c3)n2)c1. The van der Waals surface area contributed by atoms with E-state index in [4.69, 9.17) is 24.9 Å². The Morgan fingerprint density at radius 1 is 0.400 bits per heavy atom. The molecule has 0 atom stereocenters. The van der Waals surface area contributed by atoms with Crippen molar-refractivity contribution >= 4 is 23.0 Å². The molecule has 0 spiro atoms. The molecule has 0 unspecified atom stereocenters. The molecule has 0 saturated heterocycles. The van der Waals surface area contributed by atoms with Crippen LogP contribution in [-0.2, 0) is 0 Å². The van der Waals surface area contributed by atoms with Gasteiger partial charge in [0, 0.05) is 28.1 Å². The topological polar surface area (TPSA) is 69.9 Å². The largest absolute Gasteiger partial charge is 0.322 e. The lowest BCUT2D eigenvalue weighted by Gasteiger charge is -2.41. The fourth-order valence-corrected chi connectivity index (χ4v) is 7.33. The van der Waals surface area contributed by atoms with Crippen LogP contribution in [0, 0.1) is 0 Å². The normalized spacial score (nSPS) is 18.6. The van der Waals surface area contributed by atoms with Crippen LogP contribution < -0.4 is 9.80 Å². The lowest BCUT2D eigenvalue weighted by Crippen LogP contribution is -2.53. The fraction of sp³-hybridized carbons (Fsp3) is 0.326. The van der Waals surface area contributed by atoms with E-state index in [0.717, 1.165) is 45.3 Å². The molecule has 0 aliphatic carbocycles. The van der Waals surface area contributed by atoms with Crippen LogP contribution in [0.15, 0.2) is 113 Å². The van der Waals surface area contributed by atoms with Crippen LogP contribution in [0.5, 0.6) is 0 Å². The summed E-state index contributed by atoms with van der Waals surface area (Å²) in [5.41, 5.74) is 6.30. The summed E-state index contributed by atoms with van der Waals surface area (Å²) in [6.45, 7) is 22.0. The standard InChI is InChI=1S/C43H47N7/c1-28-47-40(3,4)42(7,8)49(28)35-20-14-18-33(26-35)38-44-37(32-24-22-31(23-25-32)30-16-12-11-13-17-30)45-39(46-38)34-19-15-21-36(27-34)50-29(2)48-41(5,6)43(50,9)10/h11-27H,1-10H3. The Kier molecular flexibility index (Phi) is 7.81. The molecule has 254 valence electrons. The average molecular weight is 662 g/mol. The lowest BCUT2D eigenvalue weighted by atomic mass is 9.83. The predicted molar refractivity (Wildman–Crippen MR) is 209 cm³/mol. The summed E-state index contributed by atoms with van der Waals surface area (Å²) >= 11 is 0.